The molecule has 0 aliphatic carbocycles. The zero-order chi connectivity index (χ0) is 12.5. The molecule has 0 saturated heterocycles. The molecular formula is C12H16N4O. The molecule has 2 aromatic heterocycles. The quantitative estimate of drug-likeness (QED) is 0.865. The van der Waals surface area contributed by atoms with Gasteiger partial charge >= 0.3 is 0 Å². The fraction of sp³-hybridized carbons (Fsp3) is 0.417. The van der Waals surface area contributed by atoms with Gasteiger partial charge in [0.15, 0.2) is 0 Å². The number of rotatable bonds is 3. The number of aliphatic hydroxyl groups is 1. The van der Waals surface area contributed by atoms with Gasteiger partial charge in [0.2, 0.25) is 0 Å². The highest BCUT2D eigenvalue weighted by Gasteiger charge is 2.20. The molecule has 2 rings (SSSR count). The Morgan fingerprint density at radius 3 is 2.71 bits per heavy atom. The monoisotopic (exact) mass is 232 g/mol. The number of aryl methyl sites for hydroxylation is 1. The second-order valence-corrected chi connectivity index (χ2v) is 4.63. The lowest BCUT2D eigenvalue weighted by Crippen LogP contribution is -2.15. The van der Waals surface area contributed by atoms with Crippen molar-refractivity contribution in [2.45, 2.75) is 32.9 Å². The van der Waals surface area contributed by atoms with E-state index >= 15 is 0 Å². The Morgan fingerprint density at radius 1 is 1.35 bits per heavy atom. The lowest BCUT2D eigenvalue weighted by molar-refractivity contribution is 0.0737. The lowest BCUT2D eigenvalue weighted by Gasteiger charge is -2.11. The van der Waals surface area contributed by atoms with Crippen molar-refractivity contribution in [3.63, 3.8) is 0 Å². The van der Waals surface area contributed by atoms with Crippen LogP contribution in [0.15, 0.2) is 24.4 Å². The predicted octanol–water partition coefficient (Wildman–Crippen LogP) is 1.26. The second-order valence-electron chi connectivity index (χ2n) is 4.63. The van der Waals surface area contributed by atoms with Crippen molar-refractivity contribution in [3.05, 3.63) is 41.5 Å². The molecule has 5 nitrogen and oxygen atoms in total. The van der Waals surface area contributed by atoms with Crippen molar-refractivity contribution in [1.82, 2.24) is 20.0 Å². The van der Waals surface area contributed by atoms with E-state index in [9.17, 15) is 5.11 Å². The van der Waals surface area contributed by atoms with E-state index in [0.29, 0.717) is 12.2 Å². The molecule has 90 valence electrons. The van der Waals surface area contributed by atoms with Gasteiger partial charge in [-0.1, -0.05) is 11.3 Å². The minimum absolute atomic E-state index is 0.560. The molecule has 0 spiro atoms. The van der Waals surface area contributed by atoms with Gasteiger partial charge in [0, 0.05) is 5.69 Å². The molecule has 0 saturated carbocycles. The van der Waals surface area contributed by atoms with E-state index in [0.717, 1.165) is 11.4 Å². The first kappa shape index (κ1) is 11.7. The van der Waals surface area contributed by atoms with Crippen molar-refractivity contribution in [3.8, 4) is 0 Å². The van der Waals surface area contributed by atoms with Crippen LogP contribution in [0.2, 0.25) is 0 Å². The van der Waals surface area contributed by atoms with Crippen molar-refractivity contribution < 1.29 is 5.11 Å². The summed E-state index contributed by atoms with van der Waals surface area (Å²) in [7, 11) is 0. The summed E-state index contributed by atoms with van der Waals surface area (Å²) in [4.78, 5) is 4.39. The van der Waals surface area contributed by atoms with Crippen LogP contribution < -0.4 is 0 Å². The van der Waals surface area contributed by atoms with Gasteiger partial charge in [0.05, 0.1) is 18.4 Å². The lowest BCUT2D eigenvalue weighted by atomic mass is 10.1. The summed E-state index contributed by atoms with van der Waals surface area (Å²) in [5.41, 5.74) is 1.51. The van der Waals surface area contributed by atoms with E-state index in [1.807, 2.05) is 25.1 Å². The van der Waals surface area contributed by atoms with Crippen LogP contribution >= 0.6 is 0 Å². The first-order valence-corrected chi connectivity index (χ1v) is 5.51. The molecule has 0 aliphatic heterocycles. The molecule has 5 heteroatoms. The van der Waals surface area contributed by atoms with E-state index in [1.165, 1.54) is 0 Å². The Labute approximate surface area is 100 Å². The average molecular weight is 232 g/mol. The molecule has 0 aromatic carbocycles. The van der Waals surface area contributed by atoms with E-state index in [-0.39, 0.29) is 0 Å². The molecule has 0 unspecified atom stereocenters. The summed E-state index contributed by atoms with van der Waals surface area (Å²) in [6, 6.07) is 5.86. The van der Waals surface area contributed by atoms with Gasteiger partial charge in [0.25, 0.3) is 0 Å². The van der Waals surface area contributed by atoms with Crippen LogP contribution in [0.4, 0.5) is 0 Å². The van der Waals surface area contributed by atoms with Crippen LogP contribution in [-0.4, -0.2) is 25.1 Å². The maximum absolute atomic E-state index is 9.78. The number of nitrogens with zero attached hydrogens (tertiary/aromatic N) is 4. The predicted molar refractivity (Wildman–Crippen MR) is 63.3 cm³/mol. The van der Waals surface area contributed by atoms with Crippen LogP contribution in [0.25, 0.3) is 0 Å². The molecule has 0 amide bonds. The zero-order valence-electron chi connectivity index (χ0n) is 10.3. The van der Waals surface area contributed by atoms with Crippen LogP contribution in [0.1, 0.15) is 30.9 Å². The van der Waals surface area contributed by atoms with Gasteiger partial charge in [-0.15, -0.1) is 5.10 Å². The molecule has 0 aliphatic rings. The Kier molecular flexibility index (Phi) is 2.93. The minimum Gasteiger partial charge on any atom is -0.384 e. The van der Waals surface area contributed by atoms with Crippen LogP contribution in [0, 0.1) is 6.92 Å². The standard InChI is InChI=1S/C12H16N4O/c1-9-5-4-6-10(13-9)7-16-8-11(14-15-16)12(2,3)17/h4-6,8,17H,7H2,1-3H3. The largest absolute Gasteiger partial charge is 0.384 e. The van der Waals surface area contributed by atoms with Crippen LogP contribution in [-0.2, 0) is 12.1 Å². The first-order valence-electron chi connectivity index (χ1n) is 5.51. The Hall–Kier alpha value is -1.75. The average Bonchev–Trinajstić information content (AvgIpc) is 2.65. The van der Waals surface area contributed by atoms with Gasteiger partial charge in [-0.05, 0) is 32.9 Å². The smallest absolute Gasteiger partial charge is 0.114 e. The zero-order valence-corrected chi connectivity index (χ0v) is 10.3. The molecule has 17 heavy (non-hydrogen) atoms. The summed E-state index contributed by atoms with van der Waals surface area (Å²) in [5, 5.41) is 17.7. The second kappa shape index (κ2) is 4.25. The van der Waals surface area contributed by atoms with E-state index in [2.05, 4.69) is 15.3 Å². The molecule has 2 heterocycles. The van der Waals surface area contributed by atoms with E-state index in [4.69, 9.17) is 0 Å². The van der Waals surface area contributed by atoms with Gasteiger partial charge in [-0.2, -0.15) is 0 Å². The molecule has 0 bridgehead atoms. The third-order valence-electron chi connectivity index (χ3n) is 2.44. The highest BCUT2D eigenvalue weighted by molar-refractivity contribution is 5.11. The molecule has 0 fully saturated rings. The summed E-state index contributed by atoms with van der Waals surface area (Å²) >= 11 is 0. The van der Waals surface area contributed by atoms with Crippen LogP contribution in [0.5, 0.6) is 0 Å². The number of hydrogen-bond acceptors (Lipinski definition) is 4. The molecular weight excluding hydrogens is 216 g/mol. The molecule has 2 aromatic rings. The molecule has 0 radical (unpaired) electrons. The van der Waals surface area contributed by atoms with E-state index < -0.39 is 5.60 Å². The SMILES string of the molecule is Cc1cccc(Cn2cc(C(C)(C)O)nn2)n1. The number of pyridine rings is 1. The number of hydrogen-bond donors (Lipinski definition) is 1. The van der Waals surface area contributed by atoms with Gasteiger partial charge in [-0.25, -0.2) is 4.68 Å². The van der Waals surface area contributed by atoms with E-state index in [1.54, 1.807) is 24.7 Å². The van der Waals surface area contributed by atoms with Crippen LogP contribution in [0.3, 0.4) is 0 Å². The first-order chi connectivity index (χ1) is 7.95. The summed E-state index contributed by atoms with van der Waals surface area (Å²) < 4.78 is 1.68. The minimum atomic E-state index is -0.960. The fourth-order valence-electron chi connectivity index (χ4n) is 1.51. The third kappa shape index (κ3) is 2.88. The maximum Gasteiger partial charge on any atom is 0.114 e. The Morgan fingerprint density at radius 2 is 2.12 bits per heavy atom. The van der Waals surface area contributed by atoms with Gasteiger partial charge in [0.1, 0.15) is 11.3 Å². The number of aromatic nitrogens is 4. The maximum atomic E-state index is 9.78. The highest BCUT2D eigenvalue weighted by atomic mass is 16.3. The molecule has 0 atom stereocenters. The summed E-state index contributed by atoms with van der Waals surface area (Å²) in [5.74, 6) is 0. The Bertz CT molecular complexity index is 513. The van der Waals surface area contributed by atoms with Gasteiger partial charge in [-0.3, -0.25) is 4.98 Å². The third-order valence-corrected chi connectivity index (χ3v) is 2.44. The van der Waals surface area contributed by atoms with Gasteiger partial charge < -0.3 is 5.11 Å². The summed E-state index contributed by atoms with van der Waals surface area (Å²) in [6.45, 7) is 5.89. The van der Waals surface area contributed by atoms with Crippen molar-refractivity contribution in [2.24, 2.45) is 0 Å². The normalized spacial score (nSPS) is 11.8. The fourth-order valence-corrected chi connectivity index (χ4v) is 1.51. The Balaban J connectivity index is 2.17. The molecule has 1 N–H and O–H groups in total. The van der Waals surface area contributed by atoms with Crippen molar-refractivity contribution in [1.29, 1.82) is 0 Å². The highest BCUT2D eigenvalue weighted by Crippen LogP contribution is 2.15. The summed E-state index contributed by atoms with van der Waals surface area (Å²) in [6.07, 6.45) is 1.74. The van der Waals surface area contributed by atoms with Crippen molar-refractivity contribution in [2.75, 3.05) is 0 Å². The van der Waals surface area contributed by atoms with Crippen molar-refractivity contribution >= 4 is 0 Å². The topological polar surface area (TPSA) is 63.8 Å².